The first-order chi connectivity index (χ1) is 7.00. The van der Waals surface area contributed by atoms with Gasteiger partial charge in [0.2, 0.25) is 0 Å². The quantitative estimate of drug-likeness (QED) is 0.866. The molecule has 0 saturated carbocycles. The van der Waals surface area contributed by atoms with E-state index in [-0.39, 0.29) is 10.7 Å². The summed E-state index contributed by atoms with van der Waals surface area (Å²) in [5.41, 5.74) is 0.508. The van der Waals surface area contributed by atoms with E-state index in [0.717, 1.165) is 16.0 Å². The lowest BCUT2D eigenvalue weighted by atomic mass is 10.2. The van der Waals surface area contributed by atoms with Crippen LogP contribution in [-0.2, 0) is 0 Å². The average molecular weight is 289 g/mol. The molecule has 1 aromatic carbocycles. The zero-order valence-electron chi connectivity index (χ0n) is 7.67. The lowest BCUT2D eigenvalue weighted by molar-refractivity contribution is 0.0702. The van der Waals surface area contributed by atoms with Gasteiger partial charge in [0, 0.05) is 10.1 Å². The molecule has 2 aromatic rings. The second-order valence-corrected chi connectivity index (χ2v) is 5.03. The van der Waals surface area contributed by atoms with Crippen LogP contribution in [0.4, 0.5) is 4.39 Å². The SMILES string of the molecule is Cc1cc2sc(C(=O)O)cc2c(Br)c1F. The van der Waals surface area contributed by atoms with E-state index in [1.54, 1.807) is 13.0 Å². The number of rotatable bonds is 1. The fourth-order valence-corrected chi connectivity index (χ4v) is 3.12. The summed E-state index contributed by atoms with van der Waals surface area (Å²) >= 11 is 4.28. The number of fused-ring (bicyclic) bond motifs is 1. The number of thiophene rings is 1. The van der Waals surface area contributed by atoms with Crippen LogP contribution >= 0.6 is 27.3 Å². The van der Waals surface area contributed by atoms with E-state index in [1.807, 2.05) is 0 Å². The molecule has 1 aromatic heterocycles. The smallest absolute Gasteiger partial charge is 0.345 e. The topological polar surface area (TPSA) is 37.3 Å². The Hall–Kier alpha value is -0.940. The number of benzene rings is 1. The Morgan fingerprint density at radius 3 is 2.80 bits per heavy atom. The van der Waals surface area contributed by atoms with E-state index in [0.29, 0.717) is 15.4 Å². The number of hydrogen-bond donors (Lipinski definition) is 1. The van der Waals surface area contributed by atoms with Crippen molar-refractivity contribution < 1.29 is 14.3 Å². The van der Waals surface area contributed by atoms with Gasteiger partial charge in [-0.3, -0.25) is 0 Å². The molecule has 0 aliphatic carbocycles. The lowest BCUT2D eigenvalue weighted by Gasteiger charge is -1.99. The van der Waals surface area contributed by atoms with Crippen LogP contribution in [0.5, 0.6) is 0 Å². The van der Waals surface area contributed by atoms with Crippen LogP contribution in [0.3, 0.4) is 0 Å². The molecular formula is C10H6BrFO2S. The van der Waals surface area contributed by atoms with Crippen LogP contribution in [0, 0.1) is 12.7 Å². The molecule has 0 aliphatic rings. The van der Waals surface area contributed by atoms with Gasteiger partial charge in [-0.2, -0.15) is 0 Å². The van der Waals surface area contributed by atoms with Crippen molar-refractivity contribution in [3.05, 3.63) is 32.9 Å². The molecule has 15 heavy (non-hydrogen) atoms. The second kappa shape index (κ2) is 3.57. The Labute approximate surface area is 97.5 Å². The highest BCUT2D eigenvalue weighted by Gasteiger charge is 2.14. The van der Waals surface area contributed by atoms with Crippen LogP contribution in [0.25, 0.3) is 10.1 Å². The number of carbonyl (C=O) groups is 1. The zero-order chi connectivity index (χ0) is 11.2. The van der Waals surface area contributed by atoms with Gasteiger partial charge in [-0.1, -0.05) is 0 Å². The van der Waals surface area contributed by atoms with Crippen molar-refractivity contribution >= 4 is 43.3 Å². The Morgan fingerprint density at radius 2 is 2.20 bits per heavy atom. The van der Waals surface area contributed by atoms with Gasteiger partial charge in [0.25, 0.3) is 0 Å². The van der Waals surface area contributed by atoms with Gasteiger partial charge < -0.3 is 5.11 Å². The van der Waals surface area contributed by atoms with Crippen molar-refractivity contribution in [2.24, 2.45) is 0 Å². The van der Waals surface area contributed by atoms with Gasteiger partial charge in [0.15, 0.2) is 0 Å². The molecule has 0 saturated heterocycles. The molecule has 2 nitrogen and oxygen atoms in total. The molecular weight excluding hydrogens is 283 g/mol. The largest absolute Gasteiger partial charge is 0.477 e. The van der Waals surface area contributed by atoms with E-state index >= 15 is 0 Å². The third-order valence-electron chi connectivity index (χ3n) is 2.09. The second-order valence-electron chi connectivity index (χ2n) is 3.15. The molecule has 0 radical (unpaired) electrons. The molecule has 0 fully saturated rings. The maximum absolute atomic E-state index is 13.5. The number of aromatic carboxylic acids is 1. The molecule has 78 valence electrons. The normalized spacial score (nSPS) is 10.9. The molecule has 0 atom stereocenters. The fourth-order valence-electron chi connectivity index (χ4n) is 1.34. The molecule has 0 spiro atoms. The van der Waals surface area contributed by atoms with E-state index in [1.165, 1.54) is 6.07 Å². The van der Waals surface area contributed by atoms with Gasteiger partial charge in [-0.25, -0.2) is 9.18 Å². The summed E-state index contributed by atoms with van der Waals surface area (Å²) in [6.45, 7) is 1.65. The van der Waals surface area contributed by atoms with Crippen molar-refractivity contribution in [1.82, 2.24) is 0 Å². The van der Waals surface area contributed by atoms with Crippen LogP contribution in [-0.4, -0.2) is 11.1 Å². The molecule has 1 heterocycles. The van der Waals surface area contributed by atoms with Crippen LogP contribution < -0.4 is 0 Å². The molecule has 0 bridgehead atoms. The number of halogens is 2. The predicted molar refractivity (Wildman–Crippen MR) is 61.2 cm³/mol. The number of carboxylic acid groups (broad SMARTS) is 1. The third kappa shape index (κ3) is 1.66. The first-order valence-electron chi connectivity index (χ1n) is 4.12. The predicted octanol–water partition coefficient (Wildman–Crippen LogP) is 3.81. The van der Waals surface area contributed by atoms with Crippen LogP contribution in [0.2, 0.25) is 0 Å². The molecule has 1 N–H and O–H groups in total. The summed E-state index contributed by atoms with van der Waals surface area (Å²) in [6.07, 6.45) is 0. The first-order valence-corrected chi connectivity index (χ1v) is 5.73. The molecule has 0 amide bonds. The summed E-state index contributed by atoms with van der Waals surface area (Å²) in [7, 11) is 0. The molecule has 0 aliphatic heterocycles. The van der Waals surface area contributed by atoms with Gasteiger partial charge in [0.05, 0.1) is 4.47 Å². The average Bonchev–Trinajstić information content (AvgIpc) is 2.58. The third-order valence-corrected chi connectivity index (χ3v) is 3.94. The van der Waals surface area contributed by atoms with Crippen LogP contribution in [0.1, 0.15) is 15.2 Å². The van der Waals surface area contributed by atoms with Gasteiger partial charge in [-0.05, 0) is 40.5 Å². The Kier molecular flexibility index (Phi) is 2.52. The van der Waals surface area contributed by atoms with Gasteiger partial charge in [0.1, 0.15) is 10.7 Å². The van der Waals surface area contributed by atoms with E-state index in [9.17, 15) is 9.18 Å². The zero-order valence-corrected chi connectivity index (χ0v) is 10.1. The van der Waals surface area contributed by atoms with Crippen molar-refractivity contribution in [3.63, 3.8) is 0 Å². The number of hydrogen-bond acceptors (Lipinski definition) is 2. The summed E-state index contributed by atoms with van der Waals surface area (Å²) in [4.78, 5) is 11.0. The Morgan fingerprint density at radius 1 is 1.53 bits per heavy atom. The lowest BCUT2D eigenvalue weighted by Crippen LogP contribution is -1.89. The first kappa shape index (κ1) is 10.6. The van der Waals surface area contributed by atoms with Crippen molar-refractivity contribution in [2.45, 2.75) is 6.92 Å². The highest BCUT2D eigenvalue weighted by molar-refractivity contribution is 9.10. The summed E-state index contributed by atoms with van der Waals surface area (Å²) < 4.78 is 14.6. The molecule has 5 heteroatoms. The van der Waals surface area contributed by atoms with Crippen molar-refractivity contribution in [1.29, 1.82) is 0 Å². The maximum Gasteiger partial charge on any atom is 0.345 e. The van der Waals surface area contributed by atoms with Crippen LogP contribution in [0.15, 0.2) is 16.6 Å². The standard InChI is InChI=1S/C10H6BrFO2S/c1-4-2-6-5(8(11)9(4)12)3-7(15-6)10(13)14/h2-3H,1H3,(H,13,14). The minimum absolute atomic E-state index is 0.218. The summed E-state index contributed by atoms with van der Waals surface area (Å²) in [6, 6.07) is 3.14. The van der Waals surface area contributed by atoms with Crippen molar-refractivity contribution in [2.75, 3.05) is 0 Å². The Balaban J connectivity index is 2.82. The fraction of sp³-hybridized carbons (Fsp3) is 0.100. The summed E-state index contributed by atoms with van der Waals surface area (Å²) in [5, 5.41) is 9.43. The summed E-state index contributed by atoms with van der Waals surface area (Å²) in [5.74, 6) is -1.32. The minimum atomic E-state index is -0.985. The molecule has 2 rings (SSSR count). The highest BCUT2D eigenvalue weighted by Crippen LogP contribution is 2.34. The number of carboxylic acids is 1. The molecule has 0 unspecified atom stereocenters. The van der Waals surface area contributed by atoms with Gasteiger partial charge in [-0.15, -0.1) is 11.3 Å². The van der Waals surface area contributed by atoms with E-state index < -0.39 is 5.97 Å². The van der Waals surface area contributed by atoms with E-state index in [4.69, 9.17) is 5.11 Å². The maximum atomic E-state index is 13.5. The monoisotopic (exact) mass is 288 g/mol. The Bertz CT molecular complexity index is 562. The number of aryl methyl sites for hydroxylation is 1. The van der Waals surface area contributed by atoms with Crippen molar-refractivity contribution in [3.8, 4) is 0 Å². The van der Waals surface area contributed by atoms with Gasteiger partial charge >= 0.3 is 5.97 Å². The highest BCUT2D eigenvalue weighted by atomic mass is 79.9. The van der Waals surface area contributed by atoms with E-state index in [2.05, 4.69) is 15.9 Å². The minimum Gasteiger partial charge on any atom is -0.477 e.